The second-order valence-electron chi connectivity index (χ2n) is 5.71. The van der Waals surface area contributed by atoms with Crippen LogP contribution < -0.4 is 10.2 Å². The van der Waals surface area contributed by atoms with E-state index in [9.17, 15) is 4.79 Å². The van der Waals surface area contributed by atoms with Crippen molar-refractivity contribution in [2.45, 2.75) is 32.1 Å². The van der Waals surface area contributed by atoms with Crippen molar-refractivity contribution >= 4 is 11.7 Å². The molecule has 1 aliphatic heterocycles. The summed E-state index contributed by atoms with van der Waals surface area (Å²) in [6.45, 7) is 3.78. The third-order valence-electron chi connectivity index (χ3n) is 4.30. The first-order valence-electron chi connectivity index (χ1n) is 7.66. The number of carbonyl (C=O) groups excluding carboxylic acids is 1. The van der Waals surface area contributed by atoms with Crippen LogP contribution in [-0.2, 0) is 0 Å². The van der Waals surface area contributed by atoms with E-state index in [-0.39, 0.29) is 11.7 Å². The summed E-state index contributed by atoms with van der Waals surface area (Å²) in [5.74, 6) is 1.17. The van der Waals surface area contributed by atoms with Gasteiger partial charge in [-0.25, -0.2) is 9.97 Å². The predicted octanol–water partition coefficient (Wildman–Crippen LogP) is 1.65. The van der Waals surface area contributed by atoms with Gasteiger partial charge >= 0.3 is 0 Å². The standard InChI is InChI=1S/C15H22N4O/c20-14(12-4-2-1-3-5-12)13-10-17-15(18-11-13)19-8-6-16-7-9-19/h10-12,16H,1-9H2. The predicted molar refractivity (Wildman–Crippen MR) is 78.0 cm³/mol. The molecule has 0 atom stereocenters. The van der Waals surface area contributed by atoms with Gasteiger partial charge in [0.25, 0.3) is 0 Å². The number of aromatic nitrogens is 2. The quantitative estimate of drug-likeness (QED) is 0.849. The van der Waals surface area contributed by atoms with Crippen molar-refractivity contribution in [1.82, 2.24) is 15.3 Å². The zero-order valence-electron chi connectivity index (χ0n) is 11.8. The maximum absolute atomic E-state index is 12.4. The van der Waals surface area contributed by atoms with E-state index in [1.165, 1.54) is 19.3 Å². The first kappa shape index (κ1) is 13.5. The second-order valence-corrected chi connectivity index (χ2v) is 5.71. The number of rotatable bonds is 3. The van der Waals surface area contributed by atoms with Crippen LogP contribution >= 0.6 is 0 Å². The number of carbonyl (C=O) groups is 1. The minimum atomic E-state index is 0.192. The molecule has 0 radical (unpaired) electrons. The number of ketones is 1. The molecular formula is C15H22N4O. The average molecular weight is 274 g/mol. The number of anilines is 1. The number of piperazine rings is 1. The molecule has 5 nitrogen and oxygen atoms in total. The molecule has 108 valence electrons. The van der Waals surface area contributed by atoms with Gasteiger partial charge in [-0.15, -0.1) is 0 Å². The number of nitrogens with one attached hydrogen (secondary N) is 1. The molecule has 0 unspecified atom stereocenters. The van der Waals surface area contributed by atoms with Crippen molar-refractivity contribution in [3.63, 3.8) is 0 Å². The molecule has 1 saturated carbocycles. The lowest BCUT2D eigenvalue weighted by Crippen LogP contribution is -2.44. The summed E-state index contributed by atoms with van der Waals surface area (Å²) in [5.41, 5.74) is 0.677. The molecule has 0 aromatic carbocycles. The molecule has 20 heavy (non-hydrogen) atoms. The molecule has 2 heterocycles. The van der Waals surface area contributed by atoms with E-state index in [1.54, 1.807) is 12.4 Å². The summed E-state index contributed by atoms with van der Waals surface area (Å²) in [6.07, 6.45) is 9.09. The summed E-state index contributed by atoms with van der Waals surface area (Å²) < 4.78 is 0. The van der Waals surface area contributed by atoms with Crippen LogP contribution in [0.4, 0.5) is 5.95 Å². The molecule has 5 heteroatoms. The smallest absolute Gasteiger partial charge is 0.225 e. The lowest BCUT2D eigenvalue weighted by Gasteiger charge is -2.27. The lowest BCUT2D eigenvalue weighted by atomic mass is 9.84. The molecule has 0 spiro atoms. The molecule has 2 fully saturated rings. The van der Waals surface area contributed by atoms with Crippen molar-refractivity contribution in [3.8, 4) is 0 Å². The van der Waals surface area contributed by atoms with Gasteiger partial charge in [0.1, 0.15) is 0 Å². The number of hydrogen-bond donors (Lipinski definition) is 1. The molecule has 1 aromatic heterocycles. The van der Waals surface area contributed by atoms with Gasteiger partial charge in [0.05, 0.1) is 5.56 Å². The molecule has 1 saturated heterocycles. The Morgan fingerprint density at radius 1 is 1.10 bits per heavy atom. The Kier molecular flexibility index (Phi) is 4.25. The molecule has 2 aliphatic rings. The van der Waals surface area contributed by atoms with Crippen LogP contribution in [0.25, 0.3) is 0 Å². The van der Waals surface area contributed by atoms with E-state index in [1.807, 2.05) is 0 Å². The summed E-state index contributed by atoms with van der Waals surface area (Å²) in [7, 11) is 0. The van der Waals surface area contributed by atoms with Crippen LogP contribution in [0.2, 0.25) is 0 Å². The Hall–Kier alpha value is -1.49. The van der Waals surface area contributed by atoms with Gasteiger partial charge in [-0.05, 0) is 12.8 Å². The molecule has 1 N–H and O–H groups in total. The van der Waals surface area contributed by atoms with Gasteiger partial charge < -0.3 is 10.2 Å². The van der Waals surface area contributed by atoms with E-state index >= 15 is 0 Å². The number of Topliss-reactive ketones (excluding diaryl/α,β-unsaturated/α-hetero) is 1. The highest BCUT2D eigenvalue weighted by molar-refractivity contribution is 5.97. The highest BCUT2D eigenvalue weighted by atomic mass is 16.1. The molecule has 0 amide bonds. The summed E-state index contributed by atoms with van der Waals surface area (Å²) >= 11 is 0. The fourth-order valence-electron chi connectivity index (χ4n) is 3.08. The van der Waals surface area contributed by atoms with Crippen LogP contribution in [0.5, 0.6) is 0 Å². The van der Waals surface area contributed by atoms with Crippen LogP contribution in [-0.4, -0.2) is 41.9 Å². The van der Waals surface area contributed by atoms with Crippen LogP contribution in [0.3, 0.4) is 0 Å². The normalized spacial score (nSPS) is 20.9. The van der Waals surface area contributed by atoms with E-state index < -0.39 is 0 Å². The molecule has 0 bridgehead atoms. The van der Waals surface area contributed by atoms with Crippen LogP contribution in [0, 0.1) is 5.92 Å². The first-order valence-corrected chi connectivity index (χ1v) is 7.66. The highest BCUT2D eigenvalue weighted by Gasteiger charge is 2.23. The van der Waals surface area contributed by atoms with Crippen molar-refractivity contribution < 1.29 is 4.79 Å². The Balaban J connectivity index is 1.67. The van der Waals surface area contributed by atoms with Crippen LogP contribution in [0.1, 0.15) is 42.5 Å². The van der Waals surface area contributed by atoms with Crippen molar-refractivity contribution in [2.24, 2.45) is 5.92 Å². The van der Waals surface area contributed by atoms with E-state index in [0.29, 0.717) is 5.56 Å². The Morgan fingerprint density at radius 3 is 2.40 bits per heavy atom. The van der Waals surface area contributed by atoms with E-state index in [2.05, 4.69) is 20.2 Å². The van der Waals surface area contributed by atoms with Gasteiger partial charge in [-0.2, -0.15) is 0 Å². The largest absolute Gasteiger partial charge is 0.338 e. The summed E-state index contributed by atoms with van der Waals surface area (Å²) in [4.78, 5) is 23.3. The Morgan fingerprint density at radius 2 is 1.75 bits per heavy atom. The monoisotopic (exact) mass is 274 g/mol. The van der Waals surface area contributed by atoms with Gasteiger partial charge in [-0.1, -0.05) is 19.3 Å². The van der Waals surface area contributed by atoms with Crippen LogP contribution in [0.15, 0.2) is 12.4 Å². The summed E-state index contributed by atoms with van der Waals surface area (Å²) in [5, 5.41) is 3.31. The molecular weight excluding hydrogens is 252 g/mol. The topological polar surface area (TPSA) is 58.1 Å². The maximum Gasteiger partial charge on any atom is 0.225 e. The Labute approximate surface area is 119 Å². The van der Waals surface area contributed by atoms with Gasteiger partial charge in [-0.3, -0.25) is 4.79 Å². The zero-order chi connectivity index (χ0) is 13.8. The van der Waals surface area contributed by atoms with E-state index in [0.717, 1.165) is 45.0 Å². The first-order chi connectivity index (χ1) is 9.84. The van der Waals surface area contributed by atoms with Gasteiger partial charge in [0, 0.05) is 44.5 Å². The third-order valence-corrected chi connectivity index (χ3v) is 4.30. The summed E-state index contributed by atoms with van der Waals surface area (Å²) in [6, 6.07) is 0. The molecule has 1 aliphatic carbocycles. The van der Waals surface area contributed by atoms with Crippen molar-refractivity contribution in [1.29, 1.82) is 0 Å². The number of nitrogens with zero attached hydrogens (tertiary/aromatic N) is 3. The van der Waals surface area contributed by atoms with Crippen molar-refractivity contribution in [3.05, 3.63) is 18.0 Å². The van der Waals surface area contributed by atoms with Gasteiger partial charge in [0.15, 0.2) is 5.78 Å². The minimum absolute atomic E-state index is 0.192. The maximum atomic E-state index is 12.4. The number of hydrogen-bond acceptors (Lipinski definition) is 5. The minimum Gasteiger partial charge on any atom is -0.338 e. The third kappa shape index (κ3) is 2.98. The van der Waals surface area contributed by atoms with Crippen molar-refractivity contribution in [2.75, 3.05) is 31.1 Å². The lowest BCUT2D eigenvalue weighted by molar-refractivity contribution is 0.0889. The second kappa shape index (κ2) is 6.31. The fraction of sp³-hybridized carbons (Fsp3) is 0.667. The highest BCUT2D eigenvalue weighted by Crippen LogP contribution is 2.26. The SMILES string of the molecule is O=C(c1cnc(N2CCNCC2)nc1)C1CCCCC1. The fourth-order valence-corrected chi connectivity index (χ4v) is 3.08. The average Bonchev–Trinajstić information content (AvgIpc) is 2.56. The Bertz CT molecular complexity index is 447. The zero-order valence-corrected chi connectivity index (χ0v) is 11.8. The molecule has 3 rings (SSSR count). The van der Waals surface area contributed by atoms with Gasteiger partial charge in [0.2, 0.25) is 5.95 Å². The van der Waals surface area contributed by atoms with E-state index in [4.69, 9.17) is 0 Å². The molecule has 1 aromatic rings.